The lowest BCUT2D eigenvalue weighted by Crippen LogP contribution is -2.39. The fourth-order valence-corrected chi connectivity index (χ4v) is 6.32. The third kappa shape index (κ3) is 5.81. The molecule has 0 spiro atoms. The molecule has 10 heteroatoms. The molecule has 0 N–H and O–H groups in total. The first-order valence-electron chi connectivity index (χ1n) is 12.4. The largest absolute Gasteiger partial charge is 0.488 e. The molecule has 2 heterocycles. The maximum Gasteiger partial charge on any atom is 0.338 e. The first-order chi connectivity index (χ1) is 19.3. The molecule has 5 rings (SSSR count). The van der Waals surface area contributed by atoms with E-state index >= 15 is 0 Å². The van der Waals surface area contributed by atoms with Gasteiger partial charge in [0.15, 0.2) is 4.80 Å². The van der Waals surface area contributed by atoms with Crippen molar-refractivity contribution in [3.63, 3.8) is 0 Å². The minimum absolute atomic E-state index is 0.217. The first-order valence-corrected chi connectivity index (χ1v) is 14.7. The summed E-state index contributed by atoms with van der Waals surface area (Å²) in [6.07, 6.45) is 1.78. The van der Waals surface area contributed by atoms with E-state index in [2.05, 4.69) is 20.9 Å². The number of allylic oxidation sites excluding steroid dienone is 1. The van der Waals surface area contributed by atoms with Gasteiger partial charge in [-0.3, -0.25) is 9.36 Å². The highest BCUT2D eigenvalue weighted by Crippen LogP contribution is 2.31. The van der Waals surface area contributed by atoms with Gasteiger partial charge in [0.1, 0.15) is 12.4 Å². The van der Waals surface area contributed by atoms with Gasteiger partial charge in [-0.25, -0.2) is 9.79 Å². The summed E-state index contributed by atoms with van der Waals surface area (Å²) >= 11 is 17.1. The van der Waals surface area contributed by atoms with E-state index < -0.39 is 12.0 Å². The monoisotopic (exact) mass is 656 g/mol. The number of esters is 1. The van der Waals surface area contributed by atoms with Gasteiger partial charge in [0.25, 0.3) is 5.56 Å². The van der Waals surface area contributed by atoms with Crippen molar-refractivity contribution in [1.82, 2.24) is 4.57 Å². The van der Waals surface area contributed by atoms with Gasteiger partial charge in [0.05, 0.1) is 28.5 Å². The smallest absolute Gasteiger partial charge is 0.338 e. The molecule has 0 saturated heterocycles. The number of fused-ring (bicyclic) bond motifs is 1. The van der Waals surface area contributed by atoms with Gasteiger partial charge in [0.2, 0.25) is 0 Å². The molecule has 1 aromatic heterocycles. The second-order valence-electron chi connectivity index (χ2n) is 8.92. The van der Waals surface area contributed by atoms with Crippen LogP contribution in [0.5, 0.6) is 5.75 Å². The molecular formula is C30H23BrCl2N2O4S. The molecular weight excluding hydrogens is 635 g/mol. The van der Waals surface area contributed by atoms with Crippen molar-refractivity contribution in [3.8, 4) is 5.75 Å². The average molecular weight is 658 g/mol. The van der Waals surface area contributed by atoms with Crippen LogP contribution in [0.3, 0.4) is 0 Å². The standard InChI is InChI=1S/C30H23BrCl2N2O4S/c1-3-38-29(37)26-17(2)34-30-35(27(26)18-7-5-4-6-8-18)28(36)25(40-30)14-20-13-21(31)10-12-24(20)39-16-19-9-11-22(32)15-23(19)33/h4-15,27H,3,16H2,1-2H3. The summed E-state index contributed by atoms with van der Waals surface area (Å²) in [5, 5.41) is 1.05. The summed E-state index contributed by atoms with van der Waals surface area (Å²) < 4.78 is 14.3. The van der Waals surface area contributed by atoms with Gasteiger partial charge >= 0.3 is 5.97 Å². The van der Waals surface area contributed by atoms with Crippen LogP contribution in [0.15, 0.2) is 92.3 Å². The van der Waals surface area contributed by atoms with Crippen molar-refractivity contribution >= 4 is 62.5 Å². The lowest BCUT2D eigenvalue weighted by Gasteiger charge is -2.24. The van der Waals surface area contributed by atoms with E-state index in [4.69, 9.17) is 32.7 Å². The summed E-state index contributed by atoms with van der Waals surface area (Å²) in [4.78, 5) is 32.1. The summed E-state index contributed by atoms with van der Waals surface area (Å²) in [7, 11) is 0. The molecule has 0 bridgehead atoms. The van der Waals surface area contributed by atoms with Crippen LogP contribution in [0.25, 0.3) is 6.08 Å². The van der Waals surface area contributed by atoms with E-state index in [-0.39, 0.29) is 18.8 Å². The number of hydrogen-bond donors (Lipinski definition) is 0. The molecule has 0 radical (unpaired) electrons. The quantitative estimate of drug-likeness (QED) is 0.214. The maximum absolute atomic E-state index is 13.9. The third-order valence-electron chi connectivity index (χ3n) is 6.29. The van der Waals surface area contributed by atoms with Gasteiger partial charge < -0.3 is 9.47 Å². The van der Waals surface area contributed by atoms with Crippen LogP contribution in [-0.4, -0.2) is 17.1 Å². The number of thiazole rings is 1. The molecule has 0 amide bonds. The Bertz CT molecular complexity index is 1820. The molecule has 40 heavy (non-hydrogen) atoms. The molecule has 6 nitrogen and oxygen atoms in total. The number of nitrogens with zero attached hydrogens (tertiary/aromatic N) is 2. The molecule has 0 aliphatic carbocycles. The van der Waals surface area contributed by atoms with Gasteiger partial charge in [-0.15, -0.1) is 0 Å². The van der Waals surface area contributed by atoms with Gasteiger partial charge in [0, 0.05) is 25.6 Å². The van der Waals surface area contributed by atoms with Crippen LogP contribution < -0.4 is 19.6 Å². The lowest BCUT2D eigenvalue weighted by atomic mass is 9.96. The van der Waals surface area contributed by atoms with Crippen molar-refractivity contribution in [2.45, 2.75) is 26.5 Å². The van der Waals surface area contributed by atoms with E-state index in [1.807, 2.05) is 54.6 Å². The number of aromatic nitrogens is 1. The van der Waals surface area contributed by atoms with Crippen LogP contribution in [-0.2, 0) is 16.1 Å². The Hall–Kier alpha value is -3.17. The van der Waals surface area contributed by atoms with Gasteiger partial charge in [-0.1, -0.05) is 86.9 Å². The summed E-state index contributed by atoms with van der Waals surface area (Å²) in [5.74, 6) is 0.0819. The Morgan fingerprint density at radius 2 is 1.90 bits per heavy atom. The van der Waals surface area contributed by atoms with Crippen LogP contribution in [0.4, 0.5) is 0 Å². The van der Waals surface area contributed by atoms with Crippen molar-refractivity contribution in [2.24, 2.45) is 4.99 Å². The Labute approximate surface area is 252 Å². The predicted octanol–water partition coefficient (Wildman–Crippen LogP) is 6.45. The molecule has 1 aliphatic rings. The van der Waals surface area contributed by atoms with Crippen LogP contribution in [0.2, 0.25) is 10.0 Å². The van der Waals surface area contributed by atoms with E-state index in [1.165, 1.54) is 11.3 Å². The van der Waals surface area contributed by atoms with Crippen molar-refractivity contribution < 1.29 is 14.3 Å². The Morgan fingerprint density at radius 1 is 1.12 bits per heavy atom. The normalized spacial score (nSPS) is 15.0. The molecule has 0 fully saturated rings. The van der Waals surface area contributed by atoms with Gasteiger partial charge in [-0.05, 0) is 55.8 Å². The second kappa shape index (κ2) is 12.1. The molecule has 1 aliphatic heterocycles. The molecule has 4 aromatic rings. The molecule has 1 unspecified atom stereocenters. The number of carbonyl (C=O) groups excluding carboxylic acids is 1. The molecule has 1 atom stereocenters. The predicted molar refractivity (Wildman–Crippen MR) is 162 cm³/mol. The Morgan fingerprint density at radius 3 is 2.62 bits per heavy atom. The van der Waals surface area contributed by atoms with E-state index in [1.54, 1.807) is 36.6 Å². The SMILES string of the molecule is CCOC(=O)C1=C(C)N=c2sc(=Cc3cc(Br)ccc3OCc3ccc(Cl)cc3Cl)c(=O)n2C1c1ccccc1. The molecule has 204 valence electrons. The van der Waals surface area contributed by atoms with Crippen LogP contribution in [0.1, 0.15) is 36.6 Å². The first kappa shape index (κ1) is 28.4. The van der Waals surface area contributed by atoms with Crippen LogP contribution in [0, 0.1) is 0 Å². The summed E-state index contributed by atoms with van der Waals surface area (Å²) in [6.45, 7) is 3.95. The van der Waals surface area contributed by atoms with Crippen molar-refractivity contribution in [1.29, 1.82) is 0 Å². The number of ether oxygens (including phenoxy) is 2. The van der Waals surface area contributed by atoms with Gasteiger partial charge in [-0.2, -0.15) is 0 Å². The van der Waals surface area contributed by atoms with E-state index in [9.17, 15) is 9.59 Å². The third-order valence-corrected chi connectivity index (χ3v) is 8.35. The fraction of sp³-hybridized carbons (Fsp3) is 0.167. The zero-order valence-electron chi connectivity index (χ0n) is 21.5. The minimum Gasteiger partial charge on any atom is -0.488 e. The number of hydrogen-bond acceptors (Lipinski definition) is 6. The minimum atomic E-state index is -0.663. The summed E-state index contributed by atoms with van der Waals surface area (Å²) in [6, 6.07) is 19.6. The highest BCUT2D eigenvalue weighted by atomic mass is 79.9. The van der Waals surface area contributed by atoms with Crippen LogP contribution >= 0.6 is 50.5 Å². The number of halogens is 3. The van der Waals surface area contributed by atoms with E-state index in [0.29, 0.717) is 42.0 Å². The zero-order chi connectivity index (χ0) is 28.4. The highest BCUT2D eigenvalue weighted by molar-refractivity contribution is 9.10. The lowest BCUT2D eigenvalue weighted by molar-refractivity contribution is -0.139. The Kier molecular flexibility index (Phi) is 8.61. The Balaban J connectivity index is 1.60. The number of rotatable bonds is 7. The number of carbonyl (C=O) groups is 1. The topological polar surface area (TPSA) is 69.9 Å². The zero-order valence-corrected chi connectivity index (χ0v) is 25.4. The summed E-state index contributed by atoms with van der Waals surface area (Å²) in [5.41, 5.74) is 2.87. The van der Waals surface area contributed by atoms with E-state index in [0.717, 1.165) is 15.6 Å². The highest BCUT2D eigenvalue weighted by Gasteiger charge is 2.33. The second-order valence-corrected chi connectivity index (χ2v) is 11.7. The molecule has 3 aromatic carbocycles. The van der Waals surface area contributed by atoms with Crippen molar-refractivity contribution in [2.75, 3.05) is 6.61 Å². The fourth-order valence-electron chi connectivity index (χ4n) is 4.44. The number of benzene rings is 3. The molecule has 0 saturated carbocycles. The average Bonchev–Trinajstić information content (AvgIpc) is 3.23. The maximum atomic E-state index is 13.9. The van der Waals surface area contributed by atoms with Crippen molar-refractivity contribution in [3.05, 3.63) is 129 Å².